The van der Waals surface area contributed by atoms with Gasteiger partial charge in [0.05, 0.1) is 11.5 Å². The normalized spacial score (nSPS) is 11.0. The molecule has 3 heteroatoms. The Morgan fingerprint density at radius 2 is 2.08 bits per heavy atom. The smallest absolute Gasteiger partial charge is 0.129 e. The van der Waals surface area contributed by atoms with Crippen molar-refractivity contribution in [2.45, 2.75) is 19.3 Å². The molecule has 68 valence electrons. The van der Waals surface area contributed by atoms with Crippen molar-refractivity contribution in [3.63, 3.8) is 0 Å². The van der Waals surface area contributed by atoms with E-state index in [0.717, 1.165) is 3.57 Å². The standard InChI is InChI=1S/C10H9FIN/c1-10(2,6-13)9-7(11)4-3-5-8(9)12/h3-5H,1-2H3. The molecule has 1 rings (SSSR count). The van der Waals surface area contributed by atoms with E-state index in [2.05, 4.69) is 6.07 Å². The summed E-state index contributed by atoms with van der Waals surface area (Å²) in [5.74, 6) is -0.307. The van der Waals surface area contributed by atoms with Gasteiger partial charge in [0, 0.05) is 9.13 Å². The van der Waals surface area contributed by atoms with Gasteiger partial charge in [-0.05, 0) is 48.6 Å². The highest BCUT2D eigenvalue weighted by Gasteiger charge is 2.25. The first-order chi connectivity index (χ1) is 5.99. The summed E-state index contributed by atoms with van der Waals surface area (Å²) >= 11 is 2.04. The van der Waals surface area contributed by atoms with Gasteiger partial charge in [-0.3, -0.25) is 0 Å². The SMILES string of the molecule is CC(C)(C#N)c1c(F)cccc1I. The molecule has 1 nitrogen and oxygen atoms in total. The van der Waals surface area contributed by atoms with E-state index >= 15 is 0 Å². The van der Waals surface area contributed by atoms with Crippen molar-refractivity contribution >= 4 is 22.6 Å². The number of nitriles is 1. The van der Waals surface area contributed by atoms with Crippen LogP contribution in [-0.2, 0) is 5.41 Å². The minimum Gasteiger partial charge on any atom is -0.207 e. The summed E-state index contributed by atoms with van der Waals surface area (Å²) in [5, 5.41) is 8.88. The molecule has 0 aromatic heterocycles. The van der Waals surface area contributed by atoms with Crippen LogP contribution >= 0.6 is 22.6 Å². The number of hydrogen-bond acceptors (Lipinski definition) is 1. The van der Waals surface area contributed by atoms with Gasteiger partial charge in [-0.15, -0.1) is 0 Å². The summed E-state index contributed by atoms with van der Waals surface area (Å²) in [6, 6.07) is 6.93. The second-order valence-corrected chi connectivity index (χ2v) is 4.50. The van der Waals surface area contributed by atoms with E-state index in [0.29, 0.717) is 5.56 Å². The fourth-order valence-corrected chi connectivity index (χ4v) is 2.29. The lowest BCUT2D eigenvalue weighted by Crippen LogP contribution is -2.17. The molecule has 1 aromatic carbocycles. The van der Waals surface area contributed by atoms with Crippen LogP contribution in [0.15, 0.2) is 18.2 Å². The molecule has 13 heavy (non-hydrogen) atoms. The topological polar surface area (TPSA) is 23.8 Å². The maximum atomic E-state index is 13.4. The zero-order valence-electron chi connectivity index (χ0n) is 7.44. The van der Waals surface area contributed by atoms with Crippen molar-refractivity contribution in [3.05, 3.63) is 33.1 Å². The second-order valence-electron chi connectivity index (χ2n) is 3.33. The molecule has 0 aliphatic heterocycles. The van der Waals surface area contributed by atoms with E-state index in [1.165, 1.54) is 6.07 Å². The number of rotatable bonds is 1. The predicted molar refractivity (Wildman–Crippen MR) is 57.8 cm³/mol. The van der Waals surface area contributed by atoms with Crippen molar-refractivity contribution in [3.8, 4) is 6.07 Å². The minimum absolute atomic E-state index is 0.307. The monoisotopic (exact) mass is 289 g/mol. The average Bonchev–Trinajstić information content (AvgIpc) is 2.03. The molecule has 0 heterocycles. The maximum absolute atomic E-state index is 13.4. The highest BCUT2D eigenvalue weighted by molar-refractivity contribution is 14.1. The minimum atomic E-state index is -0.762. The lowest BCUT2D eigenvalue weighted by Gasteiger charge is -2.18. The molecule has 0 fully saturated rings. The Balaban J connectivity index is 3.38. The van der Waals surface area contributed by atoms with Crippen molar-refractivity contribution < 1.29 is 4.39 Å². The number of nitrogens with zero attached hydrogens (tertiary/aromatic N) is 1. The molecule has 0 aliphatic rings. The van der Waals surface area contributed by atoms with Gasteiger partial charge in [-0.25, -0.2) is 4.39 Å². The molecule has 0 bridgehead atoms. The van der Waals surface area contributed by atoms with E-state index in [9.17, 15) is 4.39 Å². The maximum Gasteiger partial charge on any atom is 0.129 e. The van der Waals surface area contributed by atoms with E-state index < -0.39 is 5.41 Å². The third-order valence-electron chi connectivity index (χ3n) is 1.87. The lowest BCUT2D eigenvalue weighted by atomic mass is 9.86. The fraction of sp³-hybridized carbons (Fsp3) is 0.300. The lowest BCUT2D eigenvalue weighted by molar-refractivity contribution is 0.562. The van der Waals surface area contributed by atoms with Crippen LogP contribution in [0.5, 0.6) is 0 Å². The zero-order valence-corrected chi connectivity index (χ0v) is 9.59. The average molecular weight is 289 g/mol. The Bertz CT molecular complexity index is 345. The predicted octanol–water partition coefficient (Wildman–Crippen LogP) is 3.23. The second kappa shape index (κ2) is 3.62. The number of hydrogen-bond donors (Lipinski definition) is 0. The van der Waals surface area contributed by atoms with Gasteiger partial charge in [-0.2, -0.15) is 5.26 Å². The van der Waals surface area contributed by atoms with Gasteiger partial charge in [0.25, 0.3) is 0 Å². The Kier molecular flexibility index (Phi) is 2.91. The van der Waals surface area contributed by atoms with E-state index in [1.54, 1.807) is 26.0 Å². The first kappa shape index (κ1) is 10.5. The largest absolute Gasteiger partial charge is 0.207 e. The zero-order chi connectivity index (χ0) is 10.1. The Morgan fingerprint density at radius 1 is 1.46 bits per heavy atom. The summed E-state index contributed by atoms with van der Waals surface area (Å²) in [6.07, 6.45) is 0. The molecule has 0 unspecified atom stereocenters. The van der Waals surface area contributed by atoms with Crippen molar-refractivity contribution in [1.29, 1.82) is 5.26 Å². The van der Waals surface area contributed by atoms with E-state index in [4.69, 9.17) is 5.26 Å². The molecule has 0 saturated heterocycles. The van der Waals surface area contributed by atoms with Crippen molar-refractivity contribution in [2.75, 3.05) is 0 Å². The fourth-order valence-electron chi connectivity index (χ4n) is 1.15. The van der Waals surface area contributed by atoms with Crippen molar-refractivity contribution in [2.24, 2.45) is 0 Å². The molecular formula is C10H9FIN. The first-order valence-corrected chi connectivity index (χ1v) is 4.92. The van der Waals surface area contributed by atoms with Crippen LogP contribution in [0.25, 0.3) is 0 Å². The van der Waals surface area contributed by atoms with Crippen LogP contribution in [0.1, 0.15) is 19.4 Å². The molecule has 0 aliphatic carbocycles. The summed E-state index contributed by atoms with van der Waals surface area (Å²) in [7, 11) is 0. The molecule has 1 aromatic rings. The number of halogens is 2. The Labute approximate surface area is 90.7 Å². The highest BCUT2D eigenvalue weighted by atomic mass is 127. The van der Waals surface area contributed by atoms with Crippen LogP contribution in [0.3, 0.4) is 0 Å². The van der Waals surface area contributed by atoms with E-state index in [-0.39, 0.29) is 5.82 Å². The van der Waals surface area contributed by atoms with E-state index in [1.807, 2.05) is 22.6 Å². The molecule has 0 radical (unpaired) electrons. The summed E-state index contributed by atoms with van der Waals surface area (Å²) < 4.78 is 14.2. The quantitative estimate of drug-likeness (QED) is 0.728. The third kappa shape index (κ3) is 1.99. The van der Waals surface area contributed by atoms with Crippen molar-refractivity contribution in [1.82, 2.24) is 0 Å². The summed E-state index contributed by atoms with van der Waals surface area (Å²) in [4.78, 5) is 0. The first-order valence-electron chi connectivity index (χ1n) is 3.85. The summed E-state index contributed by atoms with van der Waals surface area (Å²) in [5.41, 5.74) is -0.278. The van der Waals surface area contributed by atoms with Gasteiger partial charge in [0.2, 0.25) is 0 Å². The van der Waals surface area contributed by atoms with Gasteiger partial charge >= 0.3 is 0 Å². The summed E-state index contributed by atoms with van der Waals surface area (Å²) in [6.45, 7) is 3.43. The molecule has 0 spiro atoms. The van der Waals surface area contributed by atoms with Gasteiger partial charge in [0.15, 0.2) is 0 Å². The van der Waals surface area contributed by atoms with Gasteiger partial charge in [-0.1, -0.05) is 6.07 Å². The van der Waals surface area contributed by atoms with Crippen LogP contribution in [0, 0.1) is 20.7 Å². The Morgan fingerprint density at radius 3 is 2.54 bits per heavy atom. The highest BCUT2D eigenvalue weighted by Crippen LogP contribution is 2.29. The molecule has 0 saturated carbocycles. The molecule has 0 amide bonds. The van der Waals surface area contributed by atoms with Crippen LogP contribution in [-0.4, -0.2) is 0 Å². The van der Waals surface area contributed by atoms with Crippen LogP contribution in [0.2, 0.25) is 0 Å². The molecular weight excluding hydrogens is 280 g/mol. The van der Waals surface area contributed by atoms with Gasteiger partial charge < -0.3 is 0 Å². The number of benzene rings is 1. The Hall–Kier alpha value is -0.630. The van der Waals surface area contributed by atoms with Crippen LogP contribution in [0.4, 0.5) is 4.39 Å². The molecule has 0 atom stereocenters. The molecule has 0 N–H and O–H groups in total. The van der Waals surface area contributed by atoms with Crippen LogP contribution < -0.4 is 0 Å². The van der Waals surface area contributed by atoms with Gasteiger partial charge in [0.1, 0.15) is 5.82 Å². The third-order valence-corrected chi connectivity index (χ3v) is 2.77.